The van der Waals surface area contributed by atoms with Gasteiger partial charge in [-0.05, 0) is 12.5 Å². The number of nitro benzene ring substituents is 1. The highest BCUT2D eigenvalue weighted by Gasteiger charge is 2.27. The number of benzene rings is 1. The molecule has 1 aromatic carbocycles. The Kier molecular flexibility index (Phi) is 6.85. The summed E-state index contributed by atoms with van der Waals surface area (Å²) in [7, 11) is -3.07. The number of nitro groups is 1. The molecule has 0 aromatic heterocycles. The lowest BCUT2D eigenvalue weighted by atomic mass is 10.1. The van der Waals surface area contributed by atoms with E-state index >= 15 is 0 Å². The van der Waals surface area contributed by atoms with Crippen molar-refractivity contribution in [1.82, 2.24) is 4.72 Å². The first kappa shape index (κ1) is 19.3. The maximum Gasteiger partial charge on any atom is 0.315 e. The number of hydrogen-bond donors (Lipinski definition) is 2. The minimum absolute atomic E-state index is 0.0694. The van der Waals surface area contributed by atoms with E-state index in [2.05, 4.69) is 9.46 Å². The van der Waals surface area contributed by atoms with Gasteiger partial charge in [-0.15, -0.1) is 0 Å². The van der Waals surface area contributed by atoms with E-state index in [0.29, 0.717) is 12.5 Å². The van der Waals surface area contributed by atoms with E-state index < -0.39 is 43.1 Å². The van der Waals surface area contributed by atoms with Crippen LogP contribution in [-0.4, -0.2) is 33.0 Å². The Bertz CT molecular complexity index is 666. The summed E-state index contributed by atoms with van der Waals surface area (Å²) in [6, 6.07) is 0.920. The molecule has 3 N–H and O–H groups in total. The van der Waals surface area contributed by atoms with Gasteiger partial charge in [0.25, 0.3) is 0 Å². The van der Waals surface area contributed by atoms with Crippen molar-refractivity contribution in [3.05, 3.63) is 28.1 Å². The molecule has 8 nitrogen and oxygen atoms in total. The summed E-state index contributed by atoms with van der Waals surface area (Å²) in [5, 5.41) is 11.0. The van der Waals surface area contributed by atoms with Gasteiger partial charge in [0, 0.05) is 18.7 Å². The summed E-state index contributed by atoms with van der Waals surface area (Å²) in [6.07, 6.45) is 2.15. The summed E-state index contributed by atoms with van der Waals surface area (Å²) in [4.78, 5) is 9.51. The average molecular weight is 349 g/mol. The van der Waals surface area contributed by atoms with E-state index in [1.165, 1.54) is 0 Å². The second-order valence-corrected chi connectivity index (χ2v) is 6.62. The fraction of sp³-hybridized carbons (Fsp3) is 0.538. The van der Waals surface area contributed by atoms with Crippen molar-refractivity contribution in [2.24, 2.45) is 5.73 Å². The number of unbranched alkanes of at least 4 members (excludes halogenated alkanes) is 1. The van der Waals surface area contributed by atoms with Crippen LogP contribution in [0.1, 0.15) is 26.2 Å². The molecule has 0 aliphatic heterocycles. The highest BCUT2D eigenvalue weighted by atomic mass is 32.2. The molecule has 0 radical (unpaired) electrons. The Morgan fingerprint density at radius 1 is 1.48 bits per heavy atom. The zero-order valence-corrected chi connectivity index (χ0v) is 13.7. The van der Waals surface area contributed by atoms with E-state index in [1.54, 1.807) is 0 Å². The molecule has 1 aromatic rings. The van der Waals surface area contributed by atoms with Crippen LogP contribution in [0.2, 0.25) is 0 Å². The van der Waals surface area contributed by atoms with Crippen molar-refractivity contribution < 1.29 is 22.5 Å². The highest BCUT2D eigenvalue weighted by molar-refractivity contribution is 7.89. The van der Waals surface area contributed by atoms with Crippen molar-refractivity contribution in [1.29, 1.82) is 0 Å². The van der Waals surface area contributed by atoms with Gasteiger partial charge in [-0.1, -0.05) is 19.8 Å². The minimum Gasteiger partial charge on any atom is -0.488 e. The van der Waals surface area contributed by atoms with Gasteiger partial charge in [0.1, 0.15) is 0 Å². The zero-order chi connectivity index (χ0) is 17.6. The number of nitrogens with one attached hydrogen (secondary N) is 1. The van der Waals surface area contributed by atoms with Crippen LogP contribution in [0.15, 0.2) is 17.0 Å². The highest BCUT2D eigenvalue weighted by Crippen LogP contribution is 2.32. The number of ether oxygens (including phenoxy) is 1. The molecule has 0 heterocycles. The second-order valence-electron chi connectivity index (χ2n) is 4.91. The smallest absolute Gasteiger partial charge is 0.315 e. The lowest BCUT2D eigenvalue weighted by Crippen LogP contribution is -2.40. The van der Waals surface area contributed by atoms with Crippen LogP contribution in [0.4, 0.5) is 10.1 Å². The molecular formula is C13H20FN3O5S. The third kappa shape index (κ3) is 4.85. The van der Waals surface area contributed by atoms with Crippen LogP contribution in [-0.2, 0) is 10.0 Å². The molecule has 0 fully saturated rings. The molecule has 1 rings (SSSR count). The molecular weight excluding hydrogens is 329 g/mol. The molecule has 130 valence electrons. The quantitative estimate of drug-likeness (QED) is 0.514. The van der Waals surface area contributed by atoms with E-state index in [-0.39, 0.29) is 6.54 Å². The van der Waals surface area contributed by atoms with Crippen LogP contribution in [0.25, 0.3) is 0 Å². The Balaban J connectivity index is 3.20. The predicted molar refractivity (Wildman–Crippen MR) is 82.3 cm³/mol. The molecule has 1 unspecified atom stereocenters. The monoisotopic (exact) mass is 349 g/mol. The summed E-state index contributed by atoms with van der Waals surface area (Å²) in [5.74, 6) is -1.74. The van der Waals surface area contributed by atoms with Gasteiger partial charge in [0.15, 0.2) is 5.82 Å². The van der Waals surface area contributed by atoms with Crippen LogP contribution in [0, 0.1) is 15.9 Å². The maximum absolute atomic E-state index is 13.9. The van der Waals surface area contributed by atoms with Gasteiger partial charge in [-0.2, -0.15) is 0 Å². The summed E-state index contributed by atoms with van der Waals surface area (Å²) >= 11 is 0. The van der Waals surface area contributed by atoms with Gasteiger partial charge in [0.2, 0.25) is 15.8 Å². The third-order valence-electron chi connectivity index (χ3n) is 3.22. The van der Waals surface area contributed by atoms with Crippen LogP contribution in [0.5, 0.6) is 5.75 Å². The Morgan fingerprint density at radius 3 is 2.61 bits per heavy atom. The van der Waals surface area contributed by atoms with E-state index in [0.717, 1.165) is 26.0 Å². The van der Waals surface area contributed by atoms with Crippen molar-refractivity contribution in [2.45, 2.75) is 37.1 Å². The summed E-state index contributed by atoms with van der Waals surface area (Å²) in [6.45, 7) is 2.02. The maximum atomic E-state index is 13.9. The number of rotatable bonds is 9. The zero-order valence-electron chi connectivity index (χ0n) is 12.9. The molecule has 10 heteroatoms. The normalized spacial score (nSPS) is 12.9. The van der Waals surface area contributed by atoms with Crippen molar-refractivity contribution >= 4 is 15.7 Å². The van der Waals surface area contributed by atoms with Gasteiger partial charge in [0.05, 0.1) is 16.9 Å². The number of hydrogen-bond acceptors (Lipinski definition) is 6. The fourth-order valence-electron chi connectivity index (χ4n) is 2.01. The first-order chi connectivity index (χ1) is 10.8. The van der Waals surface area contributed by atoms with E-state index in [9.17, 15) is 22.9 Å². The summed E-state index contributed by atoms with van der Waals surface area (Å²) < 4.78 is 45.4. The average Bonchev–Trinajstić information content (AvgIpc) is 2.50. The minimum atomic E-state index is -4.14. The standard InChI is InChI=1S/C13H20FN3O5S/c1-3-4-5-9(8-15)16-23(20,21)10-6-11(14)13(22-2)12(7-10)17(18)19/h6-7,9,16H,3-5,8,15H2,1-2H3. The molecule has 23 heavy (non-hydrogen) atoms. The lowest BCUT2D eigenvalue weighted by Gasteiger charge is -2.17. The first-order valence-electron chi connectivity index (χ1n) is 7.01. The van der Waals surface area contributed by atoms with E-state index in [4.69, 9.17) is 5.73 Å². The van der Waals surface area contributed by atoms with Crippen LogP contribution in [0.3, 0.4) is 0 Å². The molecule has 0 amide bonds. The Labute approximate surface area is 134 Å². The van der Waals surface area contributed by atoms with Crippen LogP contribution < -0.4 is 15.2 Å². The Hall–Kier alpha value is -1.78. The number of halogens is 1. The van der Waals surface area contributed by atoms with Crippen molar-refractivity contribution in [3.8, 4) is 5.75 Å². The molecule has 0 saturated carbocycles. The summed E-state index contributed by atoms with van der Waals surface area (Å²) in [5.41, 5.74) is 4.76. The van der Waals surface area contributed by atoms with Gasteiger partial charge in [-0.3, -0.25) is 10.1 Å². The second kappa shape index (κ2) is 8.18. The molecule has 0 spiro atoms. The number of sulfonamides is 1. The lowest BCUT2D eigenvalue weighted by molar-refractivity contribution is -0.386. The third-order valence-corrected chi connectivity index (χ3v) is 4.72. The van der Waals surface area contributed by atoms with Crippen molar-refractivity contribution in [3.63, 3.8) is 0 Å². The van der Waals surface area contributed by atoms with Gasteiger partial charge >= 0.3 is 5.69 Å². The first-order valence-corrected chi connectivity index (χ1v) is 8.49. The fourth-order valence-corrected chi connectivity index (χ4v) is 3.32. The number of nitrogens with two attached hydrogens (primary N) is 1. The molecule has 0 aliphatic carbocycles. The van der Waals surface area contributed by atoms with Gasteiger partial charge < -0.3 is 10.5 Å². The molecule has 0 aliphatic rings. The largest absolute Gasteiger partial charge is 0.488 e. The van der Waals surface area contributed by atoms with Crippen LogP contribution >= 0.6 is 0 Å². The predicted octanol–water partition coefficient (Wildman–Crippen LogP) is 1.54. The van der Waals surface area contributed by atoms with Gasteiger partial charge in [-0.25, -0.2) is 17.5 Å². The van der Waals surface area contributed by atoms with Crippen molar-refractivity contribution in [2.75, 3.05) is 13.7 Å². The topological polar surface area (TPSA) is 125 Å². The van der Waals surface area contributed by atoms with E-state index in [1.807, 2.05) is 6.92 Å². The Morgan fingerprint density at radius 2 is 2.13 bits per heavy atom. The SMILES string of the molecule is CCCCC(CN)NS(=O)(=O)c1cc(F)c(OC)c([N+](=O)[O-])c1. The molecule has 1 atom stereocenters. The number of methoxy groups -OCH3 is 1. The number of nitrogens with zero attached hydrogens (tertiary/aromatic N) is 1. The molecule has 0 saturated heterocycles. The molecule has 0 bridgehead atoms.